The summed E-state index contributed by atoms with van der Waals surface area (Å²) in [5, 5.41) is 10.9. The maximum Gasteiger partial charge on any atom is 0.327 e. The number of nitrogens with zero attached hydrogens (tertiary/aromatic N) is 2. The largest absolute Gasteiger partial charge is 0.481 e. The van der Waals surface area contributed by atoms with Gasteiger partial charge in [0.2, 0.25) is 5.91 Å². The number of urea groups is 1. The van der Waals surface area contributed by atoms with Crippen LogP contribution >= 0.6 is 0 Å². The van der Waals surface area contributed by atoms with E-state index in [2.05, 4.69) is 5.32 Å². The molecule has 0 atom stereocenters. The zero-order valence-electron chi connectivity index (χ0n) is 12.6. The molecule has 0 radical (unpaired) electrons. The first-order valence-corrected chi connectivity index (χ1v) is 7.47. The molecule has 1 spiro atoms. The molecule has 2 fully saturated rings. The fourth-order valence-corrected chi connectivity index (χ4v) is 3.18. The molecule has 8 nitrogen and oxygen atoms in total. The highest BCUT2D eigenvalue weighted by atomic mass is 16.4. The predicted octanol–water partition coefficient (Wildman–Crippen LogP) is 0.174. The average Bonchev–Trinajstić information content (AvgIpc) is 2.64. The summed E-state index contributed by atoms with van der Waals surface area (Å²) in [7, 11) is 1.61. The first-order valence-electron chi connectivity index (χ1n) is 7.47. The summed E-state index contributed by atoms with van der Waals surface area (Å²) in [6.45, 7) is -0.380. The first kappa shape index (κ1) is 16.3. The van der Waals surface area contributed by atoms with E-state index in [0.717, 1.165) is 24.2 Å². The van der Waals surface area contributed by atoms with Gasteiger partial charge in [-0.3, -0.25) is 19.3 Å². The second-order valence-corrected chi connectivity index (χ2v) is 5.82. The topological polar surface area (TPSA) is 107 Å². The molecule has 22 heavy (non-hydrogen) atoms. The van der Waals surface area contributed by atoms with Crippen LogP contribution in [-0.2, 0) is 14.4 Å². The Morgan fingerprint density at radius 3 is 2.45 bits per heavy atom. The van der Waals surface area contributed by atoms with Crippen LogP contribution in [0.2, 0.25) is 0 Å². The number of imide groups is 1. The molecule has 0 aromatic carbocycles. The molecular weight excluding hydrogens is 290 g/mol. The smallest absolute Gasteiger partial charge is 0.327 e. The molecule has 1 aliphatic heterocycles. The van der Waals surface area contributed by atoms with E-state index in [-0.39, 0.29) is 25.4 Å². The lowest BCUT2D eigenvalue weighted by Gasteiger charge is -2.35. The van der Waals surface area contributed by atoms with Crippen LogP contribution in [0.25, 0.3) is 0 Å². The molecule has 1 saturated heterocycles. The van der Waals surface area contributed by atoms with Gasteiger partial charge in [0.15, 0.2) is 0 Å². The summed E-state index contributed by atoms with van der Waals surface area (Å²) >= 11 is 0. The van der Waals surface area contributed by atoms with Crippen molar-refractivity contribution in [2.45, 2.75) is 44.1 Å². The van der Waals surface area contributed by atoms with E-state index < -0.39 is 23.4 Å². The number of carboxylic acids is 1. The average molecular weight is 311 g/mol. The number of likely N-dealkylation sites (N-methyl/N-ethyl adjacent to an activating group) is 1. The highest BCUT2D eigenvalue weighted by Crippen LogP contribution is 2.39. The molecule has 1 saturated carbocycles. The van der Waals surface area contributed by atoms with E-state index in [9.17, 15) is 19.2 Å². The molecule has 2 N–H and O–H groups in total. The van der Waals surface area contributed by atoms with Crippen LogP contribution in [0.5, 0.6) is 0 Å². The number of carboxylic acid groups (broad SMARTS) is 1. The van der Waals surface area contributed by atoms with E-state index >= 15 is 0 Å². The summed E-state index contributed by atoms with van der Waals surface area (Å²) in [6, 6.07) is -0.458. The monoisotopic (exact) mass is 311 g/mol. The van der Waals surface area contributed by atoms with Gasteiger partial charge in [0.25, 0.3) is 5.91 Å². The molecule has 1 aliphatic carbocycles. The van der Waals surface area contributed by atoms with Gasteiger partial charge >= 0.3 is 12.0 Å². The Labute approximate surface area is 128 Å². The van der Waals surface area contributed by atoms with Crippen LogP contribution in [0.15, 0.2) is 0 Å². The lowest BCUT2D eigenvalue weighted by molar-refractivity contribution is -0.138. The second-order valence-electron chi connectivity index (χ2n) is 5.82. The minimum atomic E-state index is -1.02. The van der Waals surface area contributed by atoms with Gasteiger partial charge in [0.1, 0.15) is 12.1 Å². The Balaban J connectivity index is 1.99. The maximum absolute atomic E-state index is 12.6. The lowest BCUT2D eigenvalue weighted by Crippen LogP contribution is -2.49. The Bertz CT molecular complexity index is 499. The molecule has 4 amide bonds. The van der Waals surface area contributed by atoms with Crippen LogP contribution in [0.4, 0.5) is 4.79 Å². The van der Waals surface area contributed by atoms with E-state index in [1.54, 1.807) is 7.05 Å². The molecule has 0 aromatic rings. The van der Waals surface area contributed by atoms with Gasteiger partial charge in [-0.2, -0.15) is 0 Å². The molecule has 122 valence electrons. The van der Waals surface area contributed by atoms with Crippen LogP contribution in [0.3, 0.4) is 0 Å². The first-order chi connectivity index (χ1) is 10.4. The third kappa shape index (κ3) is 2.90. The molecule has 8 heteroatoms. The highest BCUT2D eigenvalue weighted by molar-refractivity contribution is 6.08. The zero-order valence-corrected chi connectivity index (χ0v) is 12.6. The van der Waals surface area contributed by atoms with Crippen molar-refractivity contribution in [1.82, 2.24) is 15.1 Å². The Morgan fingerprint density at radius 1 is 1.23 bits per heavy atom. The van der Waals surface area contributed by atoms with Crippen LogP contribution in [0.1, 0.15) is 38.5 Å². The van der Waals surface area contributed by atoms with Crippen molar-refractivity contribution in [3.63, 3.8) is 0 Å². The minimum absolute atomic E-state index is 0.0225. The zero-order chi connectivity index (χ0) is 16.3. The third-order valence-corrected chi connectivity index (χ3v) is 4.45. The van der Waals surface area contributed by atoms with E-state index in [1.165, 1.54) is 4.90 Å². The van der Waals surface area contributed by atoms with E-state index in [1.807, 2.05) is 0 Å². The summed E-state index contributed by atoms with van der Waals surface area (Å²) in [6.07, 6.45) is 3.89. The maximum atomic E-state index is 12.6. The number of nitrogens with one attached hydrogen (secondary N) is 1. The SMILES string of the molecule is CN1C(=O)N(CC(=O)NCCC(=O)O)C(=O)C12CCCCC2. The Kier molecular flexibility index (Phi) is 4.68. The molecule has 0 unspecified atom stereocenters. The number of rotatable bonds is 5. The molecule has 2 aliphatic rings. The standard InChI is InChI=1S/C14H21N3O5/c1-16-13(22)17(9-10(18)15-8-5-11(19)20)12(21)14(16)6-3-2-4-7-14/h2-9H2,1H3,(H,15,18)(H,19,20). The van der Waals surface area contributed by atoms with Gasteiger partial charge in [-0.05, 0) is 12.8 Å². The number of carbonyl (C=O) groups is 4. The van der Waals surface area contributed by atoms with E-state index in [4.69, 9.17) is 5.11 Å². The summed E-state index contributed by atoms with van der Waals surface area (Å²) < 4.78 is 0. The van der Waals surface area contributed by atoms with Gasteiger partial charge in [-0.25, -0.2) is 4.79 Å². The number of hydrogen-bond acceptors (Lipinski definition) is 4. The Hall–Kier alpha value is -2.12. The van der Waals surface area contributed by atoms with Crippen molar-refractivity contribution >= 4 is 23.8 Å². The van der Waals surface area contributed by atoms with Gasteiger partial charge in [-0.1, -0.05) is 19.3 Å². The molecule has 0 aromatic heterocycles. The fraction of sp³-hybridized carbons (Fsp3) is 0.714. The molecule has 0 bridgehead atoms. The minimum Gasteiger partial charge on any atom is -0.481 e. The fourth-order valence-electron chi connectivity index (χ4n) is 3.18. The summed E-state index contributed by atoms with van der Waals surface area (Å²) in [5.41, 5.74) is -0.795. The van der Waals surface area contributed by atoms with Gasteiger partial charge in [-0.15, -0.1) is 0 Å². The van der Waals surface area contributed by atoms with Crippen molar-refractivity contribution < 1.29 is 24.3 Å². The molecular formula is C14H21N3O5. The van der Waals surface area contributed by atoms with Crippen molar-refractivity contribution in [3.8, 4) is 0 Å². The number of hydrogen-bond donors (Lipinski definition) is 2. The molecule has 1 heterocycles. The Morgan fingerprint density at radius 2 is 1.86 bits per heavy atom. The van der Waals surface area contributed by atoms with Crippen LogP contribution in [0, 0.1) is 0 Å². The van der Waals surface area contributed by atoms with Gasteiger partial charge < -0.3 is 15.3 Å². The quantitative estimate of drug-likeness (QED) is 0.704. The van der Waals surface area contributed by atoms with Gasteiger partial charge in [0.05, 0.1) is 6.42 Å². The molecule has 2 rings (SSSR count). The lowest BCUT2D eigenvalue weighted by atomic mass is 9.81. The number of carbonyl (C=O) groups excluding carboxylic acids is 3. The van der Waals surface area contributed by atoms with Crippen molar-refractivity contribution in [1.29, 1.82) is 0 Å². The second kappa shape index (κ2) is 6.33. The predicted molar refractivity (Wildman–Crippen MR) is 76.0 cm³/mol. The van der Waals surface area contributed by atoms with E-state index in [0.29, 0.717) is 12.8 Å². The van der Waals surface area contributed by atoms with Crippen LogP contribution < -0.4 is 5.32 Å². The normalized spacial score (nSPS) is 20.6. The van der Waals surface area contributed by atoms with Gasteiger partial charge in [0, 0.05) is 13.6 Å². The van der Waals surface area contributed by atoms with Crippen molar-refractivity contribution in [2.24, 2.45) is 0 Å². The highest BCUT2D eigenvalue weighted by Gasteiger charge is 2.55. The third-order valence-electron chi connectivity index (χ3n) is 4.45. The van der Waals surface area contributed by atoms with Crippen molar-refractivity contribution in [2.75, 3.05) is 20.1 Å². The number of amides is 4. The van der Waals surface area contributed by atoms with Crippen molar-refractivity contribution in [3.05, 3.63) is 0 Å². The van der Waals surface area contributed by atoms with Crippen LogP contribution in [-0.4, -0.2) is 64.4 Å². The number of aliphatic carboxylic acids is 1. The summed E-state index contributed by atoms with van der Waals surface area (Å²) in [5.74, 6) is -1.85. The summed E-state index contributed by atoms with van der Waals surface area (Å²) in [4.78, 5) is 49.5.